The zero-order chi connectivity index (χ0) is 9.40. The van der Waals surface area contributed by atoms with Crippen molar-refractivity contribution in [2.75, 3.05) is 0 Å². The van der Waals surface area contributed by atoms with Crippen LogP contribution in [0.4, 0.5) is 0 Å². The molecule has 0 aromatic carbocycles. The van der Waals surface area contributed by atoms with Gasteiger partial charge in [-0.15, -0.1) is 0 Å². The monoisotopic (exact) mass is 170 g/mol. The first-order chi connectivity index (χ1) is 5.70. The standard InChI is InChI=1S/C10H18O2/c1-4-6-8-10(11)12-9(3)7-5-2/h6,8-9H,4-5,7H2,1-3H3/b8-6+. The summed E-state index contributed by atoms with van der Waals surface area (Å²) < 4.78 is 5.07. The van der Waals surface area contributed by atoms with Gasteiger partial charge in [0, 0.05) is 6.08 Å². The lowest BCUT2D eigenvalue weighted by atomic mass is 10.2. The van der Waals surface area contributed by atoms with Crippen LogP contribution in [0.5, 0.6) is 0 Å². The molecule has 70 valence electrons. The maximum Gasteiger partial charge on any atom is 0.330 e. The number of ether oxygens (including phenoxy) is 1. The van der Waals surface area contributed by atoms with Gasteiger partial charge in [-0.2, -0.15) is 0 Å². The molecule has 0 aliphatic rings. The quantitative estimate of drug-likeness (QED) is 0.468. The van der Waals surface area contributed by atoms with Crippen LogP contribution in [0.15, 0.2) is 12.2 Å². The average Bonchev–Trinajstić information content (AvgIpc) is 2.01. The predicted octanol–water partition coefficient (Wildman–Crippen LogP) is 2.68. The van der Waals surface area contributed by atoms with E-state index in [0.29, 0.717) is 0 Å². The van der Waals surface area contributed by atoms with Crippen molar-refractivity contribution in [3.63, 3.8) is 0 Å². The summed E-state index contributed by atoms with van der Waals surface area (Å²) in [6, 6.07) is 0. The fourth-order valence-electron chi connectivity index (χ4n) is 0.917. The van der Waals surface area contributed by atoms with Crippen molar-refractivity contribution < 1.29 is 9.53 Å². The van der Waals surface area contributed by atoms with E-state index in [2.05, 4.69) is 6.92 Å². The molecule has 0 amide bonds. The summed E-state index contributed by atoms with van der Waals surface area (Å²) in [7, 11) is 0. The maximum absolute atomic E-state index is 11.0. The summed E-state index contributed by atoms with van der Waals surface area (Å²) in [5.41, 5.74) is 0. The summed E-state index contributed by atoms with van der Waals surface area (Å²) in [5.74, 6) is -0.224. The van der Waals surface area contributed by atoms with E-state index in [9.17, 15) is 4.79 Å². The minimum absolute atomic E-state index is 0.0454. The highest BCUT2D eigenvalue weighted by Gasteiger charge is 2.03. The van der Waals surface area contributed by atoms with Gasteiger partial charge in [0.05, 0.1) is 6.10 Å². The lowest BCUT2D eigenvalue weighted by Gasteiger charge is -2.09. The molecule has 2 nitrogen and oxygen atoms in total. The Morgan fingerprint density at radius 2 is 2.17 bits per heavy atom. The molecule has 0 saturated heterocycles. The number of allylic oxidation sites excluding steroid dienone is 1. The Bertz CT molecular complexity index is 150. The van der Waals surface area contributed by atoms with Gasteiger partial charge >= 0.3 is 5.97 Å². The summed E-state index contributed by atoms with van der Waals surface area (Å²) >= 11 is 0. The Morgan fingerprint density at radius 1 is 1.50 bits per heavy atom. The van der Waals surface area contributed by atoms with Gasteiger partial charge in [0.15, 0.2) is 0 Å². The Morgan fingerprint density at radius 3 is 2.67 bits per heavy atom. The zero-order valence-corrected chi connectivity index (χ0v) is 8.17. The van der Waals surface area contributed by atoms with E-state index in [-0.39, 0.29) is 12.1 Å². The first-order valence-corrected chi connectivity index (χ1v) is 4.57. The van der Waals surface area contributed by atoms with Crippen LogP contribution in [0.25, 0.3) is 0 Å². The minimum Gasteiger partial charge on any atom is -0.460 e. The third-order valence-corrected chi connectivity index (χ3v) is 1.50. The van der Waals surface area contributed by atoms with Gasteiger partial charge in [0.1, 0.15) is 0 Å². The molecule has 0 rings (SSSR count). The summed E-state index contributed by atoms with van der Waals surface area (Å²) in [6.45, 7) is 5.98. The molecule has 0 radical (unpaired) electrons. The molecule has 0 spiro atoms. The Kier molecular flexibility index (Phi) is 6.44. The second-order valence-electron chi connectivity index (χ2n) is 2.85. The van der Waals surface area contributed by atoms with E-state index in [1.54, 1.807) is 6.08 Å². The van der Waals surface area contributed by atoms with Gasteiger partial charge in [-0.1, -0.05) is 26.3 Å². The first-order valence-electron chi connectivity index (χ1n) is 4.57. The van der Waals surface area contributed by atoms with Crippen LogP contribution in [0.3, 0.4) is 0 Å². The lowest BCUT2D eigenvalue weighted by molar-refractivity contribution is -0.142. The van der Waals surface area contributed by atoms with Crippen molar-refractivity contribution in [3.8, 4) is 0 Å². The van der Waals surface area contributed by atoms with Gasteiger partial charge in [-0.05, 0) is 19.8 Å². The number of rotatable bonds is 5. The highest BCUT2D eigenvalue weighted by molar-refractivity contribution is 5.81. The van der Waals surface area contributed by atoms with Gasteiger partial charge in [-0.3, -0.25) is 0 Å². The van der Waals surface area contributed by atoms with Crippen molar-refractivity contribution in [2.24, 2.45) is 0 Å². The normalized spacial score (nSPS) is 13.2. The summed E-state index contributed by atoms with van der Waals surface area (Å²) in [5, 5.41) is 0. The molecule has 0 aliphatic carbocycles. The molecule has 0 saturated carbocycles. The van der Waals surface area contributed by atoms with Crippen molar-refractivity contribution in [3.05, 3.63) is 12.2 Å². The van der Waals surface area contributed by atoms with Crippen molar-refractivity contribution in [1.82, 2.24) is 0 Å². The minimum atomic E-state index is -0.224. The topological polar surface area (TPSA) is 26.3 Å². The number of carbonyl (C=O) groups excluding carboxylic acids is 1. The zero-order valence-electron chi connectivity index (χ0n) is 8.17. The van der Waals surface area contributed by atoms with E-state index in [1.807, 2.05) is 13.8 Å². The Balaban J connectivity index is 3.61. The number of hydrogen-bond donors (Lipinski definition) is 0. The molecule has 1 unspecified atom stereocenters. The molecule has 0 heterocycles. The molecule has 0 N–H and O–H groups in total. The highest BCUT2D eigenvalue weighted by Crippen LogP contribution is 2.01. The van der Waals surface area contributed by atoms with Gasteiger partial charge in [0.25, 0.3) is 0 Å². The van der Waals surface area contributed by atoms with Crippen molar-refractivity contribution in [1.29, 1.82) is 0 Å². The van der Waals surface area contributed by atoms with Crippen LogP contribution in [0, 0.1) is 0 Å². The van der Waals surface area contributed by atoms with Crippen LogP contribution in [0.2, 0.25) is 0 Å². The molecular weight excluding hydrogens is 152 g/mol. The van der Waals surface area contributed by atoms with Crippen molar-refractivity contribution in [2.45, 2.75) is 46.1 Å². The molecule has 2 heteroatoms. The fourth-order valence-corrected chi connectivity index (χ4v) is 0.917. The molecule has 0 aromatic heterocycles. The smallest absolute Gasteiger partial charge is 0.330 e. The van der Waals surface area contributed by atoms with E-state index in [4.69, 9.17) is 4.74 Å². The highest BCUT2D eigenvalue weighted by atomic mass is 16.5. The molecule has 0 aromatic rings. The van der Waals surface area contributed by atoms with E-state index < -0.39 is 0 Å². The largest absolute Gasteiger partial charge is 0.460 e. The molecular formula is C10H18O2. The second-order valence-corrected chi connectivity index (χ2v) is 2.85. The lowest BCUT2D eigenvalue weighted by Crippen LogP contribution is -2.12. The molecule has 12 heavy (non-hydrogen) atoms. The average molecular weight is 170 g/mol. The molecule has 0 bridgehead atoms. The molecule has 0 aliphatic heterocycles. The summed E-state index contributed by atoms with van der Waals surface area (Å²) in [4.78, 5) is 11.0. The number of hydrogen-bond acceptors (Lipinski definition) is 2. The predicted molar refractivity (Wildman–Crippen MR) is 49.9 cm³/mol. The van der Waals surface area contributed by atoms with Crippen LogP contribution in [-0.4, -0.2) is 12.1 Å². The van der Waals surface area contributed by atoms with Crippen LogP contribution in [0.1, 0.15) is 40.0 Å². The Hall–Kier alpha value is -0.790. The Labute approximate surface area is 74.6 Å². The summed E-state index contributed by atoms with van der Waals surface area (Å²) in [6.07, 6.45) is 6.20. The number of carbonyl (C=O) groups is 1. The third-order valence-electron chi connectivity index (χ3n) is 1.50. The molecule has 0 fully saturated rings. The van der Waals surface area contributed by atoms with Gasteiger partial charge < -0.3 is 4.74 Å². The third kappa shape index (κ3) is 5.96. The van der Waals surface area contributed by atoms with E-state index >= 15 is 0 Å². The van der Waals surface area contributed by atoms with Crippen LogP contribution < -0.4 is 0 Å². The fraction of sp³-hybridized carbons (Fsp3) is 0.700. The second kappa shape index (κ2) is 6.89. The van der Waals surface area contributed by atoms with Gasteiger partial charge in [0.2, 0.25) is 0 Å². The first kappa shape index (κ1) is 11.2. The van der Waals surface area contributed by atoms with Gasteiger partial charge in [-0.25, -0.2) is 4.79 Å². The molecule has 1 atom stereocenters. The van der Waals surface area contributed by atoms with Crippen molar-refractivity contribution >= 4 is 5.97 Å². The van der Waals surface area contributed by atoms with E-state index in [0.717, 1.165) is 19.3 Å². The van der Waals surface area contributed by atoms with Crippen LogP contribution in [-0.2, 0) is 9.53 Å². The SMILES string of the molecule is CC/C=C/C(=O)OC(C)CCC. The van der Waals surface area contributed by atoms with Crippen LogP contribution >= 0.6 is 0 Å². The maximum atomic E-state index is 11.0. The van der Waals surface area contributed by atoms with E-state index in [1.165, 1.54) is 6.08 Å². The number of esters is 1.